The average Bonchev–Trinajstić information content (AvgIpc) is 2.87. The molecule has 114 valence electrons. The Morgan fingerprint density at radius 1 is 1.05 bits per heavy atom. The lowest BCUT2D eigenvalue weighted by Gasteiger charge is -2.08. The minimum atomic E-state index is -4.37. The van der Waals surface area contributed by atoms with Crippen LogP contribution in [-0.4, -0.2) is 0 Å². The van der Waals surface area contributed by atoms with Crippen LogP contribution < -0.4 is 0 Å². The Labute approximate surface area is 133 Å². The second-order valence-corrected chi connectivity index (χ2v) is 6.40. The normalized spacial score (nSPS) is 12.0. The summed E-state index contributed by atoms with van der Waals surface area (Å²) in [6, 6.07) is 9.54. The highest BCUT2D eigenvalue weighted by Crippen LogP contribution is 2.35. The fourth-order valence-corrected chi connectivity index (χ4v) is 3.64. The zero-order valence-corrected chi connectivity index (χ0v) is 12.6. The molecule has 0 radical (unpaired) electrons. The number of hydrogen-bond donors (Lipinski definition) is 0. The van der Waals surface area contributed by atoms with E-state index >= 15 is 0 Å². The van der Waals surface area contributed by atoms with Crippen LogP contribution in [0.2, 0.25) is 5.02 Å². The largest absolute Gasteiger partial charge is 0.416 e. The molecule has 0 aliphatic heterocycles. The lowest BCUT2D eigenvalue weighted by molar-refractivity contribution is -0.137. The van der Waals surface area contributed by atoms with Gasteiger partial charge < -0.3 is 0 Å². The molecule has 0 aliphatic carbocycles. The van der Waals surface area contributed by atoms with Crippen molar-refractivity contribution >= 4 is 33.0 Å². The zero-order chi connectivity index (χ0) is 15.9. The van der Waals surface area contributed by atoms with E-state index < -0.39 is 11.7 Å². The van der Waals surface area contributed by atoms with E-state index in [4.69, 9.17) is 11.6 Å². The molecule has 0 unspecified atom stereocenters. The first-order valence-corrected chi connectivity index (χ1v) is 7.56. The number of alkyl halides is 3. The summed E-state index contributed by atoms with van der Waals surface area (Å²) >= 11 is 7.32. The van der Waals surface area contributed by atoms with Gasteiger partial charge in [0.2, 0.25) is 0 Å². The van der Waals surface area contributed by atoms with E-state index in [2.05, 4.69) is 0 Å². The molecule has 0 saturated heterocycles. The molecule has 6 heteroatoms. The molecule has 0 amide bonds. The van der Waals surface area contributed by atoms with E-state index in [0.29, 0.717) is 27.1 Å². The van der Waals surface area contributed by atoms with Gasteiger partial charge in [-0.2, -0.15) is 13.2 Å². The molecule has 1 heterocycles. The molecular formula is C16H9ClF4S. The van der Waals surface area contributed by atoms with Crippen LogP contribution in [0.5, 0.6) is 0 Å². The third-order valence-corrected chi connectivity index (χ3v) is 4.86. The Morgan fingerprint density at radius 2 is 1.82 bits per heavy atom. The molecule has 0 fully saturated rings. The van der Waals surface area contributed by atoms with E-state index in [1.54, 1.807) is 12.1 Å². The van der Waals surface area contributed by atoms with Crippen molar-refractivity contribution in [2.24, 2.45) is 0 Å². The Hall–Kier alpha value is -1.59. The Bertz CT molecular complexity index is 797. The number of thiophene rings is 1. The maximum Gasteiger partial charge on any atom is 0.416 e. The van der Waals surface area contributed by atoms with Crippen molar-refractivity contribution in [2.75, 3.05) is 0 Å². The Morgan fingerprint density at radius 3 is 2.50 bits per heavy atom. The molecule has 1 aromatic heterocycles. The fourth-order valence-electron chi connectivity index (χ4n) is 2.25. The van der Waals surface area contributed by atoms with Gasteiger partial charge in [-0.1, -0.05) is 29.8 Å². The molecule has 0 atom stereocenters. The molecule has 0 saturated carbocycles. The fraction of sp³-hybridized carbons (Fsp3) is 0.125. The van der Waals surface area contributed by atoms with Crippen molar-refractivity contribution in [3.63, 3.8) is 0 Å². The second kappa shape index (κ2) is 5.56. The first-order valence-electron chi connectivity index (χ1n) is 6.37. The molecule has 0 spiro atoms. The molecule has 3 rings (SSSR count). The van der Waals surface area contributed by atoms with Crippen molar-refractivity contribution in [3.8, 4) is 0 Å². The molecule has 0 N–H and O–H groups in total. The summed E-state index contributed by atoms with van der Waals surface area (Å²) in [5.74, 6) is -0.383. The molecule has 22 heavy (non-hydrogen) atoms. The number of rotatable bonds is 2. The lowest BCUT2D eigenvalue weighted by atomic mass is 10.1. The third kappa shape index (κ3) is 2.96. The summed E-state index contributed by atoms with van der Waals surface area (Å²) in [5, 5.41) is 0.844. The molecule has 0 aliphatic rings. The van der Waals surface area contributed by atoms with Gasteiger partial charge in [-0.15, -0.1) is 11.3 Å². The van der Waals surface area contributed by atoms with Gasteiger partial charge in [0.05, 0.1) is 15.3 Å². The van der Waals surface area contributed by atoms with E-state index in [9.17, 15) is 17.6 Å². The van der Waals surface area contributed by atoms with Gasteiger partial charge in [0.1, 0.15) is 5.82 Å². The minimum Gasteiger partial charge on any atom is -0.206 e. The van der Waals surface area contributed by atoms with Gasteiger partial charge in [-0.3, -0.25) is 0 Å². The Balaban J connectivity index is 1.97. The van der Waals surface area contributed by atoms with Gasteiger partial charge >= 0.3 is 6.18 Å². The number of benzene rings is 2. The van der Waals surface area contributed by atoms with E-state index in [-0.39, 0.29) is 5.82 Å². The van der Waals surface area contributed by atoms with Crippen LogP contribution in [0.3, 0.4) is 0 Å². The molecular weight excluding hydrogens is 336 g/mol. The highest BCUT2D eigenvalue weighted by atomic mass is 35.5. The monoisotopic (exact) mass is 344 g/mol. The smallest absolute Gasteiger partial charge is 0.206 e. The van der Waals surface area contributed by atoms with Crippen LogP contribution in [-0.2, 0) is 12.6 Å². The maximum atomic E-state index is 13.7. The second-order valence-electron chi connectivity index (χ2n) is 4.86. The van der Waals surface area contributed by atoms with E-state index in [1.165, 1.54) is 29.5 Å². The molecule has 3 aromatic rings. The van der Waals surface area contributed by atoms with Crippen LogP contribution in [0, 0.1) is 5.82 Å². The summed E-state index contributed by atoms with van der Waals surface area (Å²) in [5.41, 5.74) is -0.159. The van der Waals surface area contributed by atoms with Gasteiger partial charge in [-0.05, 0) is 29.8 Å². The highest BCUT2D eigenvalue weighted by Gasteiger charge is 2.30. The SMILES string of the molecule is Fc1ccc(Cl)c2sc(Cc3cccc(C(F)(F)F)c3)cc12. The number of halogens is 5. The summed E-state index contributed by atoms with van der Waals surface area (Å²) in [7, 11) is 0. The van der Waals surface area contributed by atoms with Gasteiger partial charge in [0.25, 0.3) is 0 Å². The molecule has 0 nitrogen and oxygen atoms in total. The Kier molecular flexibility index (Phi) is 3.87. The van der Waals surface area contributed by atoms with Crippen LogP contribution in [0.25, 0.3) is 10.1 Å². The quantitative estimate of drug-likeness (QED) is 0.478. The topological polar surface area (TPSA) is 0 Å². The lowest BCUT2D eigenvalue weighted by Crippen LogP contribution is -2.05. The number of hydrogen-bond acceptors (Lipinski definition) is 1. The highest BCUT2D eigenvalue weighted by molar-refractivity contribution is 7.19. The van der Waals surface area contributed by atoms with Gasteiger partial charge in [0.15, 0.2) is 0 Å². The first-order chi connectivity index (χ1) is 10.3. The third-order valence-electron chi connectivity index (χ3n) is 3.27. The summed E-state index contributed by atoms with van der Waals surface area (Å²) < 4.78 is 52.5. The van der Waals surface area contributed by atoms with Crippen molar-refractivity contribution in [2.45, 2.75) is 12.6 Å². The zero-order valence-electron chi connectivity index (χ0n) is 11.0. The summed E-state index contributed by atoms with van der Waals surface area (Å²) in [4.78, 5) is 0.765. The van der Waals surface area contributed by atoms with Crippen LogP contribution in [0.4, 0.5) is 17.6 Å². The average molecular weight is 345 g/mol. The standard InChI is InChI=1S/C16H9ClF4S/c17-13-4-5-14(18)12-8-11(22-15(12)13)7-9-2-1-3-10(6-9)16(19,20)21/h1-6,8H,7H2. The van der Waals surface area contributed by atoms with Crippen LogP contribution in [0.1, 0.15) is 16.0 Å². The van der Waals surface area contributed by atoms with Crippen molar-refractivity contribution in [1.82, 2.24) is 0 Å². The number of fused-ring (bicyclic) bond motifs is 1. The minimum absolute atomic E-state index is 0.305. The molecule has 0 bridgehead atoms. The first kappa shape index (κ1) is 15.3. The van der Waals surface area contributed by atoms with Crippen LogP contribution >= 0.6 is 22.9 Å². The van der Waals surface area contributed by atoms with Gasteiger partial charge in [0, 0.05) is 16.7 Å². The maximum absolute atomic E-state index is 13.7. The van der Waals surface area contributed by atoms with Gasteiger partial charge in [-0.25, -0.2) is 4.39 Å². The van der Waals surface area contributed by atoms with E-state index in [1.807, 2.05) is 0 Å². The molecule has 2 aromatic carbocycles. The summed E-state index contributed by atoms with van der Waals surface area (Å²) in [6.45, 7) is 0. The predicted molar refractivity (Wildman–Crippen MR) is 81.0 cm³/mol. The van der Waals surface area contributed by atoms with E-state index in [0.717, 1.165) is 17.0 Å². The van der Waals surface area contributed by atoms with Crippen molar-refractivity contribution < 1.29 is 17.6 Å². The van der Waals surface area contributed by atoms with Crippen LogP contribution in [0.15, 0.2) is 42.5 Å². The summed E-state index contributed by atoms with van der Waals surface area (Å²) in [6.07, 6.45) is -4.06. The predicted octanol–water partition coefficient (Wildman–Crippen LogP) is 6.30. The van der Waals surface area contributed by atoms with Crippen molar-refractivity contribution in [1.29, 1.82) is 0 Å². The van der Waals surface area contributed by atoms with Crippen molar-refractivity contribution in [3.05, 3.63) is 69.3 Å².